The number of nitrogens with zero attached hydrogens (tertiary/aromatic N) is 2. The number of amides is 1. The highest BCUT2D eigenvalue weighted by Gasteiger charge is 2.21. The van der Waals surface area contributed by atoms with E-state index in [1.807, 2.05) is 18.2 Å². The summed E-state index contributed by atoms with van der Waals surface area (Å²) in [7, 11) is 1.71. The summed E-state index contributed by atoms with van der Waals surface area (Å²) in [5, 5.41) is 3.00. The fourth-order valence-electron chi connectivity index (χ4n) is 3.47. The first-order valence-corrected chi connectivity index (χ1v) is 9.19. The second-order valence-electron chi connectivity index (χ2n) is 6.80. The maximum Gasteiger partial charge on any atom is 0.234 e. The van der Waals surface area contributed by atoms with Gasteiger partial charge in [0.15, 0.2) is 0 Å². The molecule has 6 heteroatoms. The summed E-state index contributed by atoms with van der Waals surface area (Å²) in [6.45, 7) is 6.62. The van der Waals surface area contributed by atoms with Crippen LogP contribution >= 0.6 is 0 Å². The van der Waals surface area contributed by atoms with Gasteiger partial charge in [-0.2, -0.15) is 0 Å². The predicted molar refractivity (Wildman–Crippen MR) is 96.7 cm³/mol. The van der Waals surface area contributed by atoms with Crippen LogP contribution in [0.3, 0.4) is 0 Å². The average Bonchev–Trinajstić information content (AvgIpc) is 3.16. The number of carbonyl (C=O) groups excluding carboxylic acids is 1. The largest absolute Gasteiger partial charge is 0.496 e. The van der Waals surface area contributed by atoms with Crippen LogP contribution < -0.4 is 10.1 Å². The Morgan fingerprint density at radius 2 is 2.00 bits per heavy atom. The third-order valence-corrected chi connectivity index (χ3v) is 4.97. The first kappa shape index (κ1) is 18.2. The molecule has 1 amide bonds. The maximum absolute atomic E-state index is 12.1. The lowest BCUT2D eigenvalue weighted by Crippen LogP contribution is -2.49. The van der Waals surface area contributed by atoms with Crippen molar-refractivity contribution in [2.45, 2.75) is 25.5 Å². The van der Waals surface area contributed by atoms with E-state index in [0.717, 1.165) is 57.9 Å². The summed E-state index contributed by atoms with van der Waals surface area (Å²) in [6, 6.07) is 8.16. The lowest BCUT2D eigenvalue weighted by atomic mass is 10.1. The minimum Gasteiger partial charge on any atom is -0.496 e. The number of benzene rings is 1. The molecule has 0 radical (unpaired) electrons. The molecule has 0 spiro atoms. The number of hydrogen-bond donors (Lipinski definition) is 1. The Bertz CT molecular complexity index is 553. The number of hydrogen-bond acceptors (Lipinski definition) is 5. The summed E-state index contributed by atoms with van der Waals surface area (Å²) in [6.07, 6.45) is 2.37. The van der Waals surface area contributed by atoms with Crippen molar-refractivity contribution in [1.29, 1.82) is 0 Å². The van der Waals surface area contributed by atoms with Crippen molar-refractivity contribution in [2.75, 3.05) is 53.0 Å². The standard InChI is InChI=1S/C19H29N3O3/c1-24-18-7-3-2-5-16(18)14-21-8-10-22(11-9-21)15-19(23)20-13-17-6-4-12-25-17/h2-3,5,7,17H,4,6,8-15H2,1H3,(H,20,23). The third kappa shape index (κ3) is 5.42. The molecule has 0 saturated carbocycles. The zero-order chi connectivity index (χ0) is 17.5. The number of nitrogens with one attached hydrogen (secondary N) is 1. The average molecular weight is 347 g/mol. The molecule has 6 nitrogen and oxygen atoms in total. The van der Waals surface area contributed by atoms with Crippen molar-refractivity contribution in [3.05, 3.63) is 29.8 Å². The van der Waals surface area contributed by atoms with Crippen molar-refractivity contribution in [3.63, 3.8) is 0 Å². The van der Waals surface area contributed by atoms with Crippen molar-refractivity contribution >= 4 is 5.91 Å². The van der Waals surface area contributed by atoms with E-state index in [2.05, 4.69) is 21.2 Å². The molecule has 2 saturated heterocycles. The fourth-order valence-corrected chi connectivity index (χ4v) is 3.47. The van der Waals surface area contributed by atoms with E-state index in [9.17, 15) is 4.79 Å². The maximum atomic E-state index is 12.1. The van der Waals surface area contributed by atoms with Crippen LogP contribution in [0, 0.1) is 0 Å². The first-order valence-electron chi connectivity index (χ1n) is 9.19. The number of carbonyl (C=O) groups is 1. The Kier molecular flexibility index (Phi) is 6.67. The van der Waals surface area contributed by atoms with E-state index >= 15 is 0 Å². The number of para-hydroxylation sites is 1. The van der Waals surface area contributed by atoms with E-state index in [-0.39, 0.29) is 12.0 Å². The second-order valence-corrected chi connectivity index (χ2v) is 6.80. The van der Waals surface area contributed by atoms with Crippen LogP contribution in [0.5, 0.6) is 5.75 Å². The Labute approximate surface area is 150 Å². The Balaban J connectivity index is 1.37. The molecule has 0 aromatic heterocycles. The summed E-state index contributed by atoms with van der Waals surface area (Å²) < 4.78 is 11.0. The number of piperazine rings is 1. The van der Waals surface area contributed by atoms with Crippen LogP contribution in [-0.4, -0.2) is 74.8 Å². The van der Waals surface area contributed by atoms with E-state index in [1.54, 1.807) is 7.11 Å². The topological polar surface area (TPSA) is 54.0 Å². The van der Waals surface area contributed by atoms with E-state index < -0.39 is 0 Å². The van der Waals surface area contributed by atoms with Gasteiger partial charge in [0, 0.05) is 51.4 Å². The molecule has 2 heterocycles. The van der Waals surface area contributed by atoms with Gasteiger partial charge in [-0.25, -0.2) is 0 Å². The molecule has 0 aliphatic carbocycles. The molecule has 1 N–H and O–H groups in total. The highest BCUT2D eigenvalue weighted by molar-refractivity contribution is 5.78. The molecule has 138 valence electrons. The summed E-state index contributed by atoms with van der Waals surface area (Å²) in [5.41, 5.74) is 1.22. The lowest BCUT2D eigenvalue weighted by Gasteiger charge is -2.34. The molecule has 2 fully saturated rings. The molecule has 1 unspecified atom stereocenters. The fraction of sp³-hybridized carbons (Fsp3) is 0.632. The number of methoxy groups -OCH3 is 1. The number of rotatable bonds is 7. The molecule has 0 bridgehead atoms. The molecule has 1 atom stereocenters. The predicted octanol–water partition coefficient (Wildman–Crippen LogP) is 1.11. The van der Waals surface area contributed by atoms with Crippen molar-refractivity contribution < 1.29 is 14.3 Å². The Hall–Kier alpha value is -1.63. The van der Waals surface area contributed by atoms with Crippen LogP contribution in [0.1, 0.15) is 18.4 Å². The quantitative estimate of drug-likeness (QED) is 0.801. The van der Waals surface area contributed by atoms with Gasteiger partial charge in [0.25, 0.3) is 0 Å². The van der Waals surface area contributed by atoms with Gasteiger partial charge in [-0.15, -0.1) is 0 Å². The summed E-state index contributed by atoms with van der Waals surface area (Å²) in [4.78, 5) is 16.7. The van der Waals surface area contributed by atoms with Crippen molar-refractivity contribution in [1.82, 2.24) is 15.1 Å². The first-order chi connectivity index (χ1) is 12.2. The van der Waals surface area contributed by atoms with Gasteiger partial charge in [-0.05, 0) is 18.9 Å². The van der Waals surface area contributed by atoms with Crippen molar-refractivity contribution in [3.8, 4) is 5.75 Å². The van der Waals surface area contributed by atoms with Crippen LogP contribution in [0.2, 0.25) is 0 Å². The molecule has 1 aromatic rings. The molecule has 1 aromatic carbocycles. The Morgan fingerprint density at radius 3 is 2.72 bits per heavy atom. The van der Waals surface area contributed by atoms with Gasteiger partial charge in [-0.3, -0.25) is 14.6 Å². The SMILES string of the molecule is COc1ccccc1CN1CCN(CC(=O)NCC2CCCO2)CC1. The van der Waals surface area contributed by atoms with Gasteiger partial charge < -0.3 is 14.8 Å². The molecule has 3 rings (SSSR count). The lowest BCUT2D eigenvalue weighted by molar-refractivity contribution is -0.123. The highest BCUT2D eigenvalue weighted by atomic mass is 16.5. The molecule has 2 aliphatic heterocycles. The van der Waals surface area contributed by atoms with Crippen molar-refractivity contribution in [2.24, 2.45) is 0 Å². The highest BCUT2D eigenvalue weighted by Crippen LogP contribution is 2.19. The summed E-state index contributed by atoms with van der Waals surface area (Å²) in [5.74, 6) is 1.05. The van der Waals surface area contributed by atoms with Gasteiger partial charge in [0.2, 0.25) is 5.91 Å². The molecular formula is C19H29N3O3. The smallest absolute Gasteiger partial charge is 0.234 e. The minimum atomic E-state index is 0.105. The Morgan fingerprint density at radius 1 is 1.24 bits per heavy atom. The normalized spacial score (nSPS) is 22.0. The van der Waals surface area contributed by atoms with E-state index in [0.29, 0.717) is 13.1 Å². The molecule has 25 heavy (non-hydrogen) atoms. The van der Waals surface area contributed by atoms with Gasteiger partial charge in [-0.1, -0.05) is 18.2 Å². The second kappa shape index (κ2) is 9.17. The minimum absolute atomic E-state index is 0.105. The summed E-state index contributed by atoms with van der Waals surface area (Å²) >= 11 is 0. The zero-order valence-corrected chi connectivity index (χ0v) is 15.1. The zero-order valence-electron chi connectivity index (χ0n) is 15.1. The van der Waals surface area contributed by atoms with Crippen LogP contribution in [0.4, 0.5) is 0 Å². The molecule has 2 aliphatic rings. The van der Waals surface area contributed by atoms with Crippen LogP contribution in [0.25, 0.3) is 0 Å². The van der Waals surface area contributed by atoms with E-state index in [4.69, 9.17) is 9.47 Å². The van der Waals surface area contributed by atoms with Crippen LogP contribution in [-0.2, 0) is 16.1 Å². The van der Waals surface area contributed by atoms with Gasteiger partial charge in [0.1, 0.15) is 5.75 Å². The van der Waals surface area contributed by atoms with Gasteiger partial charge >= 0.3 is 0 Å². The van der Waals surface area contributed by atoms with Gasteiger partial charge in [0.05, 0.1) is 19.8 Å². The van der Waals surface area contributed by atoms with E-state index in [1.165, 1.54) is 5.56 Å². The third-order valence-electron chi connectivity index (χ3n) is 4.97. The monoisotopic (exact) mass is 347 g/mol. The number of ether oxygens (including phenoxy) is 2. The van der Waals surface area contributed by atoms with Crippen LogP contribution in [0.15, 0.2) is 24.3 Å². The molecular weight excluding hydrogens is 318 g/mol.